The molecule has 0 aromatic rings. The van der Waals surface area contributed by atoms with Gasteiger partial charge in [0.15, 0.2) is 0 Å². The van der Waals surface area contributed by atoms with Crippen molar-refractivity contribution in [3.8, 4) is 0 Å². The maximum Gasteiger partial charge on any atom is 0.415 e. The predicted octanol–water partition coefficient (Wildman–Crippen LogP) is 1.62. The number of hydrogen-bond donors (Lipinski definition) is 0. The molecule has 0 aromatic heterocycles. The third-order valence-corrected chi connectivity index (χ3v) is 2.09. The van der Waals surface area contributed by atoms with E-state index < -0.39 is 22.8 Å². The Morgan fingerprint density at radius 2 is 2.13 bits per heavy atom. The minimum absolute atomic E-state index is 0.403. The third kappa shape index (κ3) is 3.07. The van der Waals surface area contributed by atoms with Crippen molar-refractivity contribution in [1.29, 1.82) is 0 Å². The number of likely N-dealkylation sites (tertiary alicyclic amines) is 1. The quantitative estimate of drug-likeness (QED) is 0.493. The van der Waals surface area contributed by atoms with Gasteiger partial charge in [0, 0.05) is 17.9 Å². The Hall–Kier alpha value is -1.33. The Bertz CT molecular complexity index is 272. The van der Waals surface area contributed by atoms with E-state index in [1.807, 2.05) is 0 Å². The SMILES string of the molecule is CC(C)(C)OC(=O)N1CCC[C@@H]1[N+](=O)[O-]. The van der Waals surface area contributed by atoms with Crippen LogP contribution in [-0.4, -0.2) is 34.2 Å². The zero-order valence-corrected chi connectivity index (χ0v) is 9.23. The minimum atomic E-state index is -0.917. The van der Waals surface area contributed by atoms with E-state index in [-0.39, 0.29) is 0 Å². The number of nitrogens with zero attached hydrogens (tertiary/aromatic N) is 2. The fourth-order valence-electron chi connectivity index (χ4n) is 1.50. The van der Waals surface area contributed by atoms with Gasteiger partial charge in [-0.1, -0.05) is 0 Å². The van der Waals surface area contributed by atoms with E-state index in [0.29, 0.717) is 19.4 Å². The van der Waals surface area contributed by atoms with Gasteiger partial charge in [0.1, 0.15) is 5.60 Å². The Morgan fingerprint density at radius 1 is 1.53 bits per heavy atom. The van der Waals surface area contributed by atoms with Crippen LogP contribution in [0.15, 0.2) is 0 Å². The van der Waals surface area contributed by atoms with E-state index in [2.05, 4.69) is 0 Å². The largest absolute Gasteiger partial charge is 0.444 e. The molecule has 1 amide bonds. The van der Waals surface area contributed by atoms with E-state index in [1.165, 1.54) is 4.90 Å². The second kappa shape index (κ2) is 4.04. The van der Waals surface area contributed by atoms with Gasteiger partial charge >= 0.3 is 6.09 Å². The van der Waals surface area contributed by atoms with Gasteiger partial charge in [-0.2, -0.15) is 0 Å². The summed E-state index contributed by atoms with van der Waals surface area (Å²) in [5.41, 5.74) is -0.610. The highest BCUT2D eigenvalue weighted by Gasteiger charge is 2.39. The molecule has 6 nitrogen and oxygen atoms in total. The van der Waals surface area contributed by atoms with E-state index in [9.17, 15) is 14.9 Å². The van der Waals surface area contributed by atoms with Gasteiger partial charge in [-0.25, -0.2) is 9.69 Å². The second-order valence-electron chi connectivity index (χ2n) is 4.58. The summed E-state index contributed by atoms with van der Waals surface area (Å²) in [7, 11) is 0. The molecular weight excluding hydrogens is 200 g/mol. The first-order valence-corrected chi connectivity index (χ1v) is 4.94. The monoisotopic (exact) mass is 216 g/mol. The Labute approximate surface area is 88.3 Å². The van der Waals surface area contributed by atoms with Crippen molar-refractivity contribution < 1.29 is 14.5 Å². The minimum Gasteiger partial charge on any atom is -0.444 e. The van der Waals surface area contributed by atoms with Gasteiger partial charge < -0.3 is 4.74 Å². The molecule has 1 saturated heterocycles. The molecule has 15 heavy (non-hydrogen) atoms. The van der Waals surface area contributed by atoms with Gasteiger partial charge in [-0.05, 0) is 27.2 Å². The lowest BCUT2D eigenvalue weighted by atomic mass is 10.2. The summed E-state index contributed by atoms with van der Waals surface area (Å²) >= 11 is 0. The van der Waals surface area contributed by atoms with Crippen LogP contribution < -0.4 is 0 Å². The molecule has 1 atom stereocenters. The molecule has 1 aliphatic rings. The fourth-order valence-corrected chi connectivity index (χ4v) is 1.50. The summed E-state index contributed by atoms with van der Waals surface area (Å²) in [5.74, 6) is 0. The molecule has 0 radical (unpaired) electrons. The van der Waals surface area contributed by atoms with Crippen molar-refractivity contribution in [2.24, 2.45) is 0 Å². The molecule has 0 bridgehead atoms. The lowest BCUT2D eigenvalue weighted by Gasteiger charge is -2.24. The van der Waals surface area contributed by atoms with E-state index in [1.54, 1.807) is 20.8 Å². The fraction of sp³-hybridized carbons (Fsp3) is 0.889. The molecule has 1 heterocycles. The van der Waals surface area contributed by atoms with Crippen LogP contribution in [0.1, 0.15) is 33.6 Å². The van der Waals surface area contributed by atoms with Crippen LogP contribution in [0.5, 0.6) is 0 Å². The lowest BCUT2D eigenvalue weighted by molar-refractivity contribution is -0.541. The number of ether oxygens (including phenoxy) is 1. The van der Waals surface area contributed by atoms with Gasteiger partial charge in [0.2, 0.25) is 0 Å². The van der Waals surface area contributed by atoms with Crippen molar-refractivity contribution in [1.82, 2.24) is 4.90 Å². The van der Waals surface area contributed by atoms with E-state index in [4.69, 9.17) is 4.74 Å². The van der Waals surface area contributed by atoms with Gasteiger partial charge in [-0.15, -0.1) is 0 Å². The standard InChI is InChI=1S/C9H16N2O4/c1-9(2,3)15-8(12)10-6-4-5-7(10)11(13)14/h7H,4-6H2,1-3H3/t7-/m0/s1. The molecule has 1 fully saturated rings. The summed E-state index contributed by atoms with van der Waals surface area (Å²) in [6.07, 6.45) is -0.446. The van der Waals surface area contributed by atoms with Gasteiger partial charge in [0.25, 0.3) is 6.17 Å². The first kappa shape index (κ1) is 11.7. The molecule has 0 N–H and O–H groups in total. The van der Waals surface area contributed by atoms with Crippen LogP contribution in [0.2, 0.25) is 0 Å². The smallest absolute Gasteiger partial charge is 0.415 e. The second-order valence-corrected chi connectivity index (χ2v) is 4.58. The van der Waals surface area contributed by atoms with Gasteiger partial charge in [-0.3, -0.25) is 10.1 Å². The average molecular weight is 216 g/mol. The molecular formula is C9H16N2O4. The van der Waals surface area contributed by atoms with Crippen LogP contribution in [0, 0.1) is 10.1 Å². The van der Waals surface area contributed by atoms with Crippen LogP contribution in [0.4, 0.5) is 4.79 Å². The molecule has 0 saturated carbocycles. The van der Waals surface area contributed by atoms with Crippen molar-refractivity contribution in [3.63, 3.8) is 0 Å². The third-order valence-electron chi connectivity index (χ3n) is 2.09. The highest BCUT2D eigenvalue weighted by molar-refractivity contribution is 5.68. The van der Waals surface area contributed by atoms with Crippen molar-refractivity contribution in [3.05, 3.63) is 10.1 Å². The molecule has 0 unspecified atom stereocenters. The van der Waals surface area contributed by atoms with Crippen molar-refractivity contribution in [2.45, 2.75) is 45.4 Å². The van der Waals surface area contributed by atoms with Crippen LogP contribution in [0.25, 0.3) is 0 Å². The Morgan fingerprint density at radius 3 is 2.60 bits per heavy atom. The van der Waals surface area contributed by atoms with E-state index >= 15 is 0 Å². The van der Waals surface area contributed by atoms with Crippen LogP contribution in [0.3, 0.4) is 0 Å². The molecule has 0 aromatic carbocycles. The lowest BCUT2D eigenvalue weighted by Crippen LogP contribution is -2.43. The van der Waals surface area contributed by atoms with E-state index in [0.717, 1.165) is 0 Å². The Balaban J connectivity index is 2.63. The van der Waals surface area contributed by atoms with Crippen molar-refractivity contribution in [2.75, 3.05) is 6.54 Å². The highest BCUT2D eigenvalue weighted by Crippen LogP contribution is 2.20. The number of carbonyl (C=O) groups is 1. The summed E-state index contributed by atoms with van der Waals surface area (Å²) in [4.78, 5) is 23.0. The first-order valence-electron chi connectivity index (χ1n) is 4.94. The van der Waals surface area contributed by atoms with Gasteiger partial charge in [0.05, 0.1) is 0 Å². The number of hydrogen-bond acceptors (Lipinski definition) is 4. The molecule has 0 aliphatic carbocycles. The topological polar surface area (TPSA) is 72.7 Å². The zero-order valence-electron chi connectivity index (χ0n) is 9.23. The maximum absolute atomic E-state index is 11.6. The summed E-state index contributed by atoms with van der Waals surface area (Å²) < 4.78 is 5.08. The first-order chi connectivity index (χ1) is 6.81. The predicted molar refractivity (Wildman–Crippen MR) is 53.0 cm³/mol. The molecule has 86 valence electrons. The summed E-state index contributed by atoms with van der Waals surface area (Å²) in [6, 6.07) is 0. The molecule has 0 spiro atoms. The van der Waals surface area contributed by atoms with Crippen molar-refractivity contribution >= 4 is 6.09 Å². The number of amides is 1. The number of rotatable bonds is 1. The molecule has 1 aliphatic heterocycles. The van der Waals surface area contributed by atoms with Crippen LogP contribution >= 0.6 is 0 Å². The zero-order chi connectivity index (χ0) is 11.6. The summed E-state index contributed by atoms with van der Waals surface area (Å²) in [5, 5.41) is 10.6. The molecule has 1 rings (SSSR count). The number of nitro groups is 1. The van der Waals surface area contributed by atoms with Crippen LogP contribution in [-0.2, 0) is 4.74 Å². The Kier molecular flexibility index (Phi) is 3.16. The highest BCUT2D eigenvalue weighted by atomic mass is 16.6. The maximum atomic E-state index is 11.6. The number of carbonyl (C=O) groups excluding carboxylic acids is 1. The normalized spacial score (nSPS) is 21.5. The summed E-state index contributed by atoms with van der Waals surface area (Å²) in [6.45, 7) is 5.62. The average Bonchev–Trinajstić information content (AvgIpc) is 2.47. The molecule has 6 heteroatoms.